The summed E-state index contributed by atoms with van der Waals surface area (Å²) in [6.45, 7) is 0. The fourth-order valence-corrected chi connectivity index (χ4v) is 2.11. The van der Waals surface area contributed by atoms with Crippen LogP contribution in [0.4, 0.5) is 0 Å². The molecule has 5 nitrogen and oxygen atoms in total. The molecule has 0 aliphatic heterocycles. The van der Waals surface area contributed by atoms with Gasteiger partial charge in [-0.2, -0.15) is 5.10 Å². The Hall–Kier alpha value is 0.206. The maximum Gasteiger partial charge on any atom is 0.354 e. The van der Waals surface area contributed by atoms with Crippen LogP contribution in [0.5, 0.6) is 0 Å². The van der Waals surface area contributed by atoms with Crippen molar-refractivity contribution < 1.29 is 9.90 Å². The smallest absolute Gasteiger partial charge is 0.354 e. The van der Waals surface area contributed by atoms with Crippen LogP contribution in [0.15, 0.2) is 16.7 Å². The molecule has 3 rings (SSSR count). The quantitative estimate of drug-likeness (QED) is 0.855. The minimum atomic E-state index is -0.998. The number of nitrogens with zero attached hydrogens (tertiary/aromatic N) is 3. The summed E-state index contributed by atoms with van der Waals surface area (Å²) in [5.41, 5.74) is 1.60. The van der Waals surface area contributed by atoms with Gasteiger partial charge >= 0.3 is 5.97 Å². The number of aromatic carboxylic acids is 1. The standard InChI is InChI=1S/C10H8BrN3O2.K/c11-8-4-9-12-6(10(15)16)3-7(5-1-2-5)14(9)13-8;/h3-5H,1-2H2,(H,15,16);. The number of aromatic nitrogens is 3. The summed E-state index contributed by atoms with van der Waals surface area (Å²) in [6.07, 6.45) is 2.19. The molecule has 1 fully saturated rings. The van der Waals surface area contributed by atoms with E-state index in [9.17, 15) is 4.79 Å². The Labute approximate surface area is 148 Å². The first kappa shape index (κ1) is 13.6. The fourth-order valence-electron chi connectivity index (χ4n) is 1.75. The number of carboxylic acid groups (broad SMARTS) is 1. The van der Waals surface area contributed by atoms with Crippen LogP contribution in [0, 0.1) is 0 Å². The Morgan fingerprint density at radius 2 is 2.18 bits per heavy atom. The molecule has 0 unspecified atom stereocenters. The van der Waals surface area contributed by atoms with Gasteiger partial charge in [-0.3, -0.25) is 0 Å². The van der Waals surface area contributed by atoms with E-state index >= 15 is 0 Å². The van der Waals surface area contributed by atoms with Gasteiger partial charge in [-0.15, -0.1) is 0 Å². The van der Waals surface area contributed by atoms with Crippen LogP contribution < -0.4 is 0 Å². The van der Waals surface area contributed by atoms with Crippen molar-refractivity contribution in [2.75, 3.05) is 0 Å². The molecule has 0 spiro atoms. The van der Waals surface area contributed by atoms with E-state index in [-0.39, 0.29) is 57.1 Å². The average molecular weight is 321 g/mol. The Morgan fingerprint density at radius 3 is 2.76 bits per heavy atom. The van der Waals surface area contributed by atoms with Gasteiger partial charge in [0.1, 0.15) is 4.60 Å². The molecule has 1 saturated carbocycles. The zero-order chi connectivity index (χ0) is 11.3. The first-order valence-corrected chi connectivity index (χ1v) is 5.74. The van der Waals surface area contributed by atoms with Crippen molar-refractivity contribution in [1.29, 1.82) is 0 Å². The third kappa shape index (κ3) is 2.64. The molecule has 1 N–H and O–H groups in total. The van der Waals surface area contributed by atoms with E-state index in [1.807, 2.05) is 0 Å². The van der Waals surface area contributed by atoms with Crippen LogP contribution in [-0.2, 0) is 0 Å². The Morgan fingerprint density at radius 1 is 1.47 bits per heavy atom. The van der Waals surface area contributed by atoms with E-state index in [1.54, 1.807) is 16.6 Å². The van der Waals surface area contributed by atoms with Crippen molar-refractivity contribution in [1.82, 2.24) is 14.6 Å². The minimum Gasteiger partial charge on any atom is -0.477 e. The van der Waals surface area contributed by atoms with Gasteiger partial charge in [-0.25, -0.2) is 14.3 Å². The summed E-state index contributed by atoms with van der Waals surface area (Å²) >= 11 is 3.27. The molecule has 0 bridgehead atoms. The Balaban J connectivity index is 0.00000108. The Kier molecular flexibility index (Phi) is 4.06. The molecule has 2 aromatic rings. The number of carboxylic acids is 1. The van der Waals surface area contributed by atoms with E-state index in [2.05, 4.69) is 26.0 Å². The number of fused-ring (bicyclic) bond motifs is 1. The molecule has 7 heteroatoms. The van der Waals surface area contributed by atoms with Crippen molar-refractivity contribution in [2.24, 2.45) is 0 Å². The van der Waals surface area contributed by atoms with Gasteiger partial charge in [-0.05, 0) is 34.8 Å². The molecule has 1 aliphatic rings. The molecule has 17 heavy (non-hydrogen) atoms. The topological polar surface area (TPSA) is 67.5 Å². The zero-order valence-electron chi connectivity index (χ0n) is 9.22. The van der Waals surface area contributed by atoms with Crippen molar-refractivity contribution in [3.05, 3.63) is 28.1 Å². The van der Waals surface area contributed by atoms with Crippen LogP contribution >= 0.6 is 15.9 Å². The van der Waals surface area contributed by atoms with E-state index in [1.165, 1.54) is 0 Å². The van der Waals surface area contributed by atoms with Gasteiger partial charge in [0.2, 0.25) is 0 Å². The fraction of sp³-hybridized carbons (Fsp3) is 0.300. The molecule has 0 atom stereocenters. The predicted octanol–water partition coefficient (Wildman–Crippen LogP) is 1.69. The molecule has 83 valence electrons. The molecular formula is C10H8BrKN3O2. The second-order valence-electron chi connectivity index (χ2n) is 3.88. The molecule has 2 heterocycles. The van der Waals surface area contributed by atoms with Crippen LogP contribution in [0.1, 0.15) is 34.9 Å². The molecule has 2 aromatic heterocycles. The van der Waals surface area contributed by atoms with Gasteiger partial charge in [0.25, 0.3) is 0 Å². The van der Waals surface area contributed by atoms with Gasteiger partial charge in [-0.1, -0.05) is 0 Å². The summed E-state index contributed by atoms with van der Waals surface area (Å²) < 4.78 is 2.39. The first-order valence-electron chi connectivity index (χ1n) is 4.94. The predicted molar refractivity (Wildman–Crippen MR) is 65.4 cm³/mol. The van der Waals surface area contributed by atoms with Gasteiger partial charge in [0.15, 0.2) is 11.3 Å². The SMILES string of the molecule is O=C(O)c1cc(C2CC2)n2nc(Br)cc2n1.[K]. The van der Waals surface area contributed by atoms with Crippen molar-refractivity contribution >= 4 is 78.9 Å². The van der Waals surface area contributed by atoms with E-state index < -0.39 is 5.97 Å². The number of hydrogen-bond donors (Lipinski definition) is 1. The van der Waals surface area contributed by atoms with Crippen LogP contribution in [0.25, 0.3) is 5.65 Å². The number of rotatable bonds is 2. The summed E-state index contributed by atoms with van der Waals surface area (Å²) in [7, 11) is 0. The molecular weight excluding hydrogens is 313 g/mol. The van der Waals surface area contributed by atoms with Crippen molar-refractivity contribution in [3.8, 4) is 0 Å². The van der Waals surface area contributed by atoms with Gasteiger partial charge < -0.3 is 5.11 Å². The van der Waals surface area contributed by atoms with Gasteiger partial charge in [0, 0.05) is 69.1 Å². The second-order valence-corrected chi connectivity index (χ2v) is 4.70. The summed E-state index contributed by atoms with van der Waals surface area (Å²) in [6, 6.07) is 3.34. The zero-order valence-corrected chi connectivity index (χ0v) is 13.9. The Bertz CT molecular complexity index is 594. The molecule has 0 aromatic carbocycles. The largest absolute Gasteiger partial charge is 0.477 e. The summed E-state index contributed by atoms with van der Waals surface area (Å²) in [5, 5.41) is 13.2. The van der Waals surface area contributed by atoms with Crippen molar-refractivity contribution in [3.63, 3.8) is 0 Å². The first-order chi connectivity index (χ1) is 7.65. The molecule has 1 aliphatic carbocycles. The number of carbonyl (C=O) groups is 1. The second kappa shape index (κ2) is 5.06. The van der Waals surface area contributed by atoms with Crippen LogP contribution in [0.3, 0.4) is 0 Å². The van der Waals surface area contributed by atoms with Gasteiger partial charge in [0.05, 0.1) is 0 Å². The third-order valence-corrected chi connectivity index (χ3v) is 3.03. The normalized spacial score (nSPS) is 14.6. The summed E-state index contributed by atoms with van der Waals surface area (Å²) in [4.78, 5) is 15.0. The van der Waals surface area contributed by atoms with Crippen LogP contribution in [-0.4, -0.2) is 77.1 Å². The van der Waals surface area contributed by atoms with E-state index in [4.69, 9.17) is 5.11 Å². The van der Waals surface area contributed by atoms with E-state index in [0.29, 0.717) is 16.2 Å². The average Bonchev–Trinajstić information content (AvgIpc) is 2.98. The van der Waals surface area contributed by atoms with Crippen LogP contribution in [0.2, 0.25) is 0 Å². The number of hydrogen-bond acceptors (Lipinski definition) is 3. The van der Waals surface area contributed by atoms with Crippen molar-refractivity contribution in [2.45, 2.75) is 18.8 Å². The maximum absolute atomic E-state index is 10.9. The summed E-state index contributed by atoms with van der Waals surface area (Å²) in [5.74, 6) is -0.572. The molecule has 0 saturated heterocycles. The third-order valence-electron chi connectivity index (χ3n) is 2.64. The minimum absolute atomic E-state index is 0. The molecule has 0 amide bonds. The molecule has 1 radical (unpaired) electrons. The maximum atomic E-state index is 10.9. The number of halogens is 1. The monoisotopic (exact) mass is 320 g/mol. The van der Waals surface area contributed by atoms with E-state index in [0.717, 1.165) is 18.5 Å².